The van der Waals surface area contributed by atoms with Gasteiger partial charge in [-0.15, -0.1) is 0 Å². The van der Waals surface area contributed by atoms with Gasteiger partial charge in [-0.3, -0.25) is 0 Å². The molecule has 0 saturated carbocycles. The van der Waals surface area contributed by atoms with Crippen molar-refractivity contribution >= 4 is 11.6 Å². The molecule has 2 N–H and O–H groups in total. The minimum Gasteiger partial charge on any atom is -0.385 e. The van der Waals surface area contributed by atoms with E-state index in [2.05, 4.69) is 19.2 Å². The molecule has 1 atom stereocenters. The second-order valence-corrected chi connectivity index (χ2v) is 5.61. The standard InChI is InChI=1S/C13H18ClNO.C2H6/c1-12(2)9-15-8-7-13(12,16)10-3-5-11(14)6-4-10;1-2/h3-6,15-16H,7-9H2,1-2H3;1-2H3/t13-;/m0./s1. The number of piperidine rings is 1. The molecule has 1 aromatic carbocycles. The Morgan fingerprint density at radius 3 is 2.22 bits per heavy atom. The summed E-state index contributed by atoms with van der Waals surface area (Å²) in [6, 6.07) is 7.53. The summed E-state index contributed by atoms with van der Waals surface area (Å²) in [5.74, 6) is 0. The van der Waals surface area contributed by atoms with E-state index in [1.165, 1.54) is 0 Å². The molecule has 1 aromatic rings. The van der Waals surface area contributed by atoms with Gasteiger partial charge >= 0.3 is 0 Å². The molecule has 102 valence electrons. The zero-order valence-corrected chi connectivity index (χ0v) is 12.5. The van der Waals surface area contributed by atoms with Crippen molar-refractivity contribution in [3.05, 3.63) is 34.9 Å². The summed E-state index contributed by atoms with van der Waals surface area (Å²) in [6.07, 6.45) is 0.738. The van der Waals surface area contributed by atoms with Crippen molar-refractivity contribution in [3.63, 3.8) is 0 Å². The minimum absolute atomic E-state index is 0.168. The maximum Gasteiger partial charge on any atom is 0.0971 e. The highest BCUT2D eigenvalue weighted by Gasteiger charge is 2.46. The topological polar surface area (TPSA) is 32.3 Å². The van der Waals surface area contributed by atoms with Crippen LogP contribution in [0.2, 0.25) is 5.02 Å². The highest BCUT2D eigenvalue weighted by Crippen LogP contribution is 2.43. The van der Waals surface area contributed by atoms with Crippen LogP contribution >= 0.6 is 11.6 Å². The van der Waals surface area contributed by atoms with Gasteiger partial charge in [0.2, 0.25) is 0 Å². The fourth-order valence-corrected chi connectivity index (χ4v) is 2.54. The van der Waals surface area contributed by atoms with Gasteiger partial charge in [-0.05, 0) is 30.7 Å². The number of hydrogen-bond acceptors (Lipinski definition) is 2. The normalized spacial score (nSPS) is 26.1. The molecular weight excluding hydrogens is 246 g/mol. The molecule has 0 aromatic heterocycles. The third-order valence-electron chi connectivity index (χ3n) is 3.67. The van der Waals surface area contributed by atoms with Crippen molar-refractivity contribution in [1.82, 2.24) is 5.32 Å². The molecule has 2 nitrogen and oxygen atoms in total. The molecule has 0 bridgehead atoms. The van der Waals surface area contributed by atoms with Crippen LogP contribution in [0.1, 0.15) is 39.7 Å². The Morgan fingerprint density at radius 2 is 1.72 bits per heavy atom. The van der Waals surface area contributed by atoms with Crippen LogP contribution in [-0.2, 0) is 5.60 Å². The highest BCUT2D eigenvalue weighted by atomic mass is 35.5. The highest BCUT2D eigenvalue weighted by molar-refractivity contribution is 6.30. The fourth-order valence-electron chi connectivity index (χ4n) is 2.42. The van der Waals surface area contributed by atoms with Crippen LogP contribution in [0, 0.1) is 5.41 Å². The van der Waals surface area contributed by atoms with E-state index in [9.17, 15) is 5.11 Å². The van der Waals surface area contributed by atoms with Gasteiger partial charge in [0.05, 0.1) is 5.60 Å². The quantitative estimate of drug-likeness (QED) is 0.817. The van der Waals surface area contributed by atoms with Crippen molar-refractivity contribution in [2.24, 2.45) is 5.41 Å². The Kier molecular flexibility index (Phi) is 5.20. The number of benzene rings is 1. The molecule has 0 spiro atoms. The molecule has 0 radical (unpaired) electrons. The molecule has 0 aliphatic carbocycles. The Labute approximate surface area is 115 Å². The van der Waals surface area contributed by atoms with Crippen molar-refractivity contribution in [2.75, 3.05) is 13.1 Å². The lowest BCUT2D eigenvalue weighted by atomic mass is 9.67. The second-order valence-electron chi connectivity index (χ2n) is 5.18. The van der Waals surface area contributed by atoms with Crippen LogP contribution in [0.5, 0.6) is 0 Å². The molecule has 1 heterocycles. The van der Waals surface area contributed by atoms with E-state index in [0.29, 0.717) is 5.02 Å². The molecule has 1 aliphatic heterocycles. The number of rotatable bonds is 1. The molecule has 0 amide bonds. The molecule has 1 saturated heterocycles. The maximum absolute atomic E-state index is 10.9. The van der Waals surface area contributed by atoms with Crippen LogP contribution in [0.4, 0.5) is 0 Å². The summed E-state index contributed by atoms with van der Waals surface area (Å²) in [5.41, 5.74) is 0.0328. The van der Waals surface area contributed by atoms with E-state index in [1.807, 2.05) is 38.1 Å². The molecule has 3 heteroatoms. The van der Waals surface area contributed by atoms with Gasteiger partial charge in [-0.25, -0.2) is 0 Å². The zero-order valence-electron chi connectivity index (χ0n) is 11.8. The number of aliphatic hydroxyl groups is 1. The minimum atomic E-state index is -0.761. The Balaban J connectivity index is 0.000000771. The first kappa shape index (κ1) is 15.5. The first-order chi connectivity index (χ1) is 8.46. The molecule has 2 rings (SSSR count). The van der Waals surface area contributed by atoms with Crippen molar-refractivity contribution in [2.45, 2.75) is 39.7 Å². The van der Waals surface area contributed by atoms with E-state index >= 15 is 0 Å². The van der Waals surface area contributed by atoms with Gasteiger partial charge in [0, 0.05) is 17.0 Å². The summed E-state index contributed by atoms with van der Waals surface area (Å²) in [6.45, 7) is 9.86. The second kappa shape index (κ2) is 6.05. The summed E-state index contributed by atoms with van der Waals surface area (Å²) < 4.78 is 0. The SMILES string of the molecule is CC.CC1(C)CNCC[C@]1(O)c1ccc(Cl)cc1. The van der Waals surface area contributed by atoms with E-state index in [-0.39, 0.29) is 5.41 Å². The van der Waals surface area contributed by atoms with Crippen LogP contribution in [-0.4, -0.2) is 18.2 Å². The number of hydrogen-bond donors (Lipinski definition) is 2. The van der Waals surface area contributed by atoms with E-state index in [0.717, 1.165) is 25.1 Å². The molecular formula is C15H24ClNO. The lowest BCUT2D eigenvalue weighted by Gasteiger charge is -2.47. The smallest absolute Gasteiger partial charge is 0.0971 e. The average Bonchev–Trinajstić information content (AvgIpc) is 2.36. The van der Waals surface area contributed by atoms with Gasteiger partial charge in [-0.2, -0.15) is 0 Å². The van der Waals surface area contributed by atoms with Gasteiger partial charge in [0.15, 0.2) is 0 Å². The lowest BCUT2D eigenvalue weighted by Crippen LogP contribution is -2.53. The van der Waals surface area contributed by atoms with Crippen LogP contribution in [0.25, 0.3) is 0 Å². The number of halogens is 1. The van der Waals surface area contributed by atoms with Crippen molar-refractivity contribution in [3.8, 4) is 0 Å². The van der Waals surface area contributed by atoms with Gasteiger partial charge in [0.25, 0.3) is 0 Å². The monoisotopic (exact) mass is 269 g/mol. The summed E-state index contributed by atoms with van der Waals surface area (Å²) in [4.78, 5) is 0. The first-order valence-corrected chi connectivity index (χ1v) is 7.03. The molecule has 1 aliphatic rings. The fraction of sp³-hybridized carbons (Fsp3) is 0.600. The predicted octanol–water partition coefficient (Wildman–Crippen LogP) is 3.57. The van der Waals surface area contributed by atoms with E-state index in [1.54, 1.807) is 0 Å². The van der Waals surface area contributed by atoms with Crippen LogP contribution in [0.15, 0.2) is 24.3 Å². The van der Waals surface area contributed by atoms with E-state index in [4.69, 9.17) is 11.6 Å². The lowest BCUT2D eigenvalue weighted by molar-refractivity contribution is -0.0944. The van der Waals surface area contributed by atoms with Gasteiger partial charge in [0.1, 0.15) is 0 Å². The third kappa shape index (κ3) is 2.87. The third-order valence-corrected chi connectivity index (χ3v) is 3.92. The van der Waals surface area contributed by atoms with Crippen molar-refractivity contribution < 1.29 is 5.11 Å². The van der Waals surface area contributed by atoms with Gasteiger partial charge < -0.3 is 10.4 Å². The summed E-state index contributed by atoms with van der Waals surface area (Å²) >= 11 is 5.87. The van der Waals surface area contributed by atoms with Gasteiger partial charge in [-0.1, -0.05) is 51.4 Å². The predicted molar refractivity (Wildman–Crippen MR) is 78.0 cm³/mol. The first-order valence-electron chi connectivity index (χ1n) is 6.65. The zero-order chi connectivity index (χ0) is 13.8. The van der Waals surface area contributed by atoms with E-state index < -0.39 is 5.60 Å². The summed E-state index contributed by atoms with van der Waals surface area (Å²) in [5, 5.41) is 14.9. The Bertz CT molecular complexity index is 375. The van der Waals surface area contributed by atoms with Crippen molar-refractivity contribution in [1.29, 1.82) is 0 Å². The van der Waals surface area contributed by atoms with Crippen LogP contribution in [0.3, 0.4) is 0 Å². The maximum atomic E-state index is 10.9. The Morgan fingerprint density at radius 1 is 1.17 bits per heavy atom. The number of nitrogens with one attached hydrogen (secondary N) is 1. The molecule has 0 unspecified atom stereocenters. The molecule has 1 fully saturated rings. The molecule has 18 heavy (non-hydrogen) atoms. The largest absolute Gasteiger partial charge is 0.385 e. The summed E-state index contributed by atoms with van der Waals surface area (Å²) in [7, 11) is 0. The Hall–Kier alpha value is -0.570. The average molecular weight is 270 g/mol. The van der Waals surface area contributed by atoms with Crippen LogP contribution < -0.4 is 5.32 Å².